The number of ether oxygens (including phenoxy) is 2. The van der Waals surface area contributed by atoms with Gasteiger partial charge in [0.2, 0.25) is 6.23 Å². The van der Waals surface area contributed by atoms with Crippen LogP contribution in [0.25, 0.3) is 0 Å². The molecule has 0 spiro atoms. The predicted molar refractivity (Wildman–Crippen MR) is 111 cm³/mol. The van der Waals surface area contributed by atoms with Crippen LogP contribution >= 0.6 is 0 Å². The molecular formula is C24H22N2O3. The van der Waals surface area contributed by atoms with Crippen LogP contribution in [0.4, 0.5) is 0 Å². The molecule has 0 saturated carbocycles. The molecule has 0 radical (unpaired) electrons. The van der Waals surface area contributed by atoms with E-state index in [4.69, 9.17) is 14.6 Å². The van der Waals surface area contributed by atoms with E-state index >= 15 is 0 Å². The first-order valence-electron chi connectivity index (χ1n) is 9.87. The van der Waals surface area contributed by atoms with E-state index in [1.54, 1.807) is 6.07 Å². The third-order valence-corrected chi connectivity index (χ3v) is 5.39. The van der Waals surface area contributed by atoms with Crippen LogP contribution in [-0.4, -0.2) is 22.4 Å². The smallest absolute Gasteiger partial charge is 0.213 e. The Hall–Kier alpha value is -3.47. The first-order valence-corrected chi connectivity index (χ1v) is 9.87. The summed E-state index contributed by atoms with van der Waals surface area (Å²) in [5, 5.41) is 17.2. The molecule has 0 fully saturated rings. The lowest BCUT2D eigenvalue weighted by atomic mass is 9.95. The molecule has 0 aromatic heterocycles. The number of hydrogen-bond donors (Lipinski definition) is 1. The van der Waals surface area contributed by atoms with Gasteiger partial charge in [-0.15, -0.1) is 0 Å². The maximum atomic E-state index is 10.3. The quantitative estimate of drug-likeness (QED) is 0.683. The first-order chi connectivity index (χ1) is 14.2. The molecule has 2 unspecified atom stereocenters. The summed E-state index contributed by atoms with van der Waals surface area (Å²) in [6, 6.07) is 23.5. The number of para-hydroxylation sites is 2. The summed E-state index contributed by atoms with van der Waals surface area (Å²) in [6.07, 6.45) is 0.375. The largest absolute Gasteiger partial charge is 0.507 e. The van der Waals surface area contributed by atoms with E-state index in [0.717, 1.165) is 33.9 Å². The maximum Gasteiger partial charge on any atom is 0.213 e. The average Bonchev–Trinajstić information content (AvgIpc) is 3.20. The van der Waals surface area contributed by atoms with Crippen LogP contribution < -0.4 is 9.47 Å². The van der Waals surface area contributed by atoms with Crippen molar-refractivity contribution in [2.75, 3.05) is 6.61 Å². The first kappa shape index (κ1) is 17.6. The molecule has 2 aliphatic heterocycles. The summed E-state index contributed by atoms with van der Waals surface area (Å²) in [6.45, 7) is 2.61. The summed E-state index contributed by atoms with van der Waals surface area (Å²) >= 11 is 0. The number of phenolic OH excluding ortho intramolecular Hbond substituents is 1. The highest BCUT2D eigenvalue weighted by Gasteiger charge is 2.41. The molecule has 1 N–H and O–H groups in total. The molecule has 5 rings (SSSR count). The standard InChI is InChI=1S/C24H22N2O3/c1-2-28-17-13-11-16(12-14-17)24-26-21(19-8-4-6-10-23(19)29-24)15-20(25-26)18-7-3-5-9-22(18)27/h3-14,21,24,27H,2,15H2,1H3. The van der Waals surface area contributed by atoms with Crippen molar-refractivity contribution in [1.29, 1.82) is 0 Å². The van der Waals surface area contributed by atoms with E-state index < -0.39 is 0 Å². The Balaban J connectivity index is 1.56. The molecular weight excluding hydrogens is 364 g/mol. The normalized spacial score (nSPS) is 19.8. The molecule has 0 saturated heterocycles. The Morgan fingerprint density at radius 1 is 1.03 bits per heavy atom. The van der Waals surface area contributed by atoms with Crippen molar-refractivity contribution in [3.8, 4) is 17.2 Å². The molecule has 29 heavy (non-hydrogen) atoms. The van der Waals surface area contributed by atoms with Crippen LogP contribution in [0.5, 0.6) is 17.2 Å². The molecule has 2 heterocycles. The number of hydrogen-bond acceptors (Lipinski definition) is 5. The van der Waals surface area contributed by atoms with Gasteiger partial charge in [0.15, 0.2) is 0 Å². The zero-order valence-corrected chi connectivity index (χ0v) is 16.2. The van der Waals surface area contributed by atoms with Gasteiger partial charge in [0.05, 0.1) is 18.4 Å². The lowest BCUT2D eigenvalue weighted by molar-refractivity contribution is -0.0190. The fourth-order valence-corrected chi connectivity index (χ4v) is 4.03. The van der Waals surface area contributed by atoms with Gasteiger partial charge in [-0.05, 0) is 49.4 Å². The highest BCUT2D eigenvalue weighted by atomic mass is 16.5. The highest BCUT2D eigenvalue weighted by Crippen LogP contribution is 2.47. The molecule has 2 aliphatic rings. The van der Waals surface area contributed by atoms with Gasteiger partial charge in [0, 0.05) is 23.1 Å². The third kappa shape index (κ3) is 3.09. The Morgan fingerprint density at radius 3 is 2.59 bits per heavy atom. The Kier molecular flexibility index (Phi) is 4.35. The average molecular weight is 386 g/mol. The zero-order chi connectivity index (χ0) is 19.8. The summed E-state index contributed by atoms with van der Waals surface area (Å²) in [5.41, 5.74) is 3.76. The van der Waals surface area contributed by atoms with Crippen molar-refractivity contribution in [3.63, 3.8) is 0 Å². The minimum Gasteiger partial charge on any atom is -0.507 e. The molecule has 5 nitrogen and oxygen atoms in total. The van der Waals surface area contributed by atoms with Gasteiger partial charge in [0.25, 0.3) is 0 Å². The van der Waals surface area contributed by atoms with E-state index in [-0.39, 0.29) is 18.0 Å². The van der Waals surface area contributed by atoms with Crippen LogP contribution in [0.2, 0.25) is 0 Å². The number of nitrogens with zero attached hydrogens (tertiary/aromatic N) is 2. The molecule has 5 heteroatoms. The van der Waals surface area contributed by atoms with Crippen molar-refractivity contribution >= 4 is 5.71 Å². The van der Waals surface area contributed by atoms with Gasteiger partial charge < -0.3 is 14.6 Å². The zero-order valence-electron chi connectivity index (χ0n) is 16.2. The Morgan fingerprint density at radius 2 is 1.79 bits per heavy atom. The van der Waals surface area contributed by atoms with Crippen molar-refractivity contribution in [3.05, 3.63) is 89.5 Å². The fraction of sp³-hybridized carbons (Fsp3) is 0.208. The van der Waals surface area contributed by atoms with Gasteiger partial charge in [-0.1, -0.05) is 30.3 Å². The van der Waals surface area contributed by atoms with E-state index in [0.29, 0.717) is 13.0 Å². The van der Waals surface area contributed by atoms with E-state index in [1.807, 2.05) is 72.6 Å². The number of aromatic hydroxyl groups is 1. The van der Waals surface area contributed by atoms with Gasteiger partial charge in [-0.2, -0.15) is 5.10 Å². The van der Waals surface area contributed by atoms with Crippen molar-refractivity contribution in [2.24, 2.45) is 5.10 Å². The monoisotopic (exact) mass is 386 g/mol. The number of phenols is 1. The predicted octanol–water partition coefficient (Wildman–Crippen LogP) is 5.03. The number of hydrazone groups is 1. The lowest BCUT2D eigenvalue weighted by Gasteiger charge is -2.38. The minimum atomic E-state index is -0.339. The number of rotatable bonds is 4. The van der Waals surface area contributed by atoms with E-state index in [1.165, 1.54) is 0 Å². The summed E-state index contributed by atoms with van der Waals surface area (Å²) in [7, 11) is 0. The summed E-state index contributed by atoms with van der Waals surface area (Å²) in [4.78, 5) is 0. The van der Waals surface area contributed by atoms with E-state index in [9.17, 15) is 5.11 Å². The third-order valence-electron chi connectivity index (χ3n) is 5.39. The molecule has 0 amide bonds. The van der Waals surface area contributed by atoms with Gasteiger partial charge in [-0.25, -0.2) is 5.01 Å². The van der Waals surface area contributed by atoms with Gasteiger partial charge in [0.1, 0.15) is 17.2 Å². The highest BCUT2D eigenvalue weighted by molar-refractivity contribution is 6.04. The van der Waals surface area contributed by atoms with Crippen molar-refractivity contribution < 1.29 is 14.6 Å². The van der Waals surface area contributed by atoms with E-state index in [2.05, 4.69) is 6.07 Å². The molecule has 2 atom stereocenters. The fourth-order valence-electron chi connectivity index (χ4n) is 4.03. The maximum absolute atomic E-state index is 10.3. The van der Waals surface area contributed by atoms with Gasteiger partial charge in [-0.3, -0.25) is 0 Å². The number of benzene rings is 3. The van der Waals surface area contributed by atoms with Crippen LogP contribution in [0.1, 0.15) is 42.3 Å². The minimum absolute atomic E-state index is 0.0612. The van der Waals surface area contributed by atoms with Crippen molar-refractivity contribution in [1.82, 2.24) is 5.01 Å². The van der Waals surface area contributed by atoms with Gasteiger partial charge >= 0.3 is 0 Å². The van der Waals surface area contributed by atoms with Crippen LogP contribution in [0.15, 0.2) is 77.9 Å². The second-order valence-corrected chi connectivity index (χ2v) is 7.17. The summed E-state index contributed by atoms with van der Waals surface area (Å²) < 4.78 is 11.9. The van der Waals surface area contributed by atoms with Crippen LogP contribution in [0.3, 0.4) is 0 Å². The van der Waals surface area contributed by atoms with Crippen LogP contribution in [-0.2, 0) is 0 Å². The summed E-state index contributed by atoms with van der Waals surface area (Å²) in [5.74, 6) is 1.96. The van der Waals surface area contributed by atoms with Crippen LogP contribution in [0, 0.1) is 0 Å². The SMILES string of the molecule is CCOc1ccc(C2Oc3ccccc3C3CC(c4ccccc4O)=NN32)cc1. The molecule has 0 aliphatic carbocycles. The second kappa shape index (κ2) is 7.17. The number of fused-ring (bicyclic) bond motifs is 3. The topological polar surface area (TPSA) is 54.3 Å². The molecule has 146 valence electrons. The second-order valence-electron chi connectivity index (χ2n) is 7.17. The Labute approximate surface area is 169 Å². The van der Waals surface area contributed by atoms with Crippen molar-refractivity contribution in [2.45, 2.75) is 25.6 Å². The molecule has 3 aromatic carbocycles. The molecule has 0 bridgehead atoms. The Bertz CT molecular complexity index is 1060. The lowest BCUT2D eigenvalue weighted by Crippen LogP contribution is -2.33. The molecule has 3 aromatic rings.